The first-order valence-corrected chi connectivity index (χ1v) is 11.9. The molecule has 0 unspecified atom stereocenters. The summed E-state index contributed by atoms with van der Waals surface area (Å²) in [5.41, 5.74) is 7.44. The highest BCUT2D eigenvalue weighted by molar-refractivity contribution is 8.00. The van der Waals surface area contributed by atoms with Crippen LogP contribution in [0.1, 0.15) is 0 Å². The predicted octanol–water partition coefficient (Wildman–Crippen LogP) is 8.11. The summed E-state index contributed by atoms with van der Waals surface area (Å²) in [6, 6.07) is 35.4. The van der Waals surface area contributed by atoms with Gasteiger partial charge < -0.3 is 4.72 Å². The molecule has 6 heteroatoms. The Morgan fingerprint density at radius 3 is 1.77 bits per heavy atom. The van der Waals surface area contributed by atoms with Crippen molar-refractivity contribution >= 4 is 23.3 Å². The van der Waals surface area contributed by atoms with Crippen molar-refractivity contribution in [1.82, 2.24) is 4.98 Å². The molecule has 0 atom stereocenters. The van der Waals surface area contributed by atoms with Crippen LogP contribution in [0.15, 0.2) is 126 Å². The quantitative estimate of drug-likeness (QED) is 0.146. The summed E-state index contributed by atoms with van der Waals surface area (Å²) < 4.78 is 3.55. The Kier molecular flexibility index (Phi) is 6.55. The summed E-state index contributed by atoms with van der Waals surface area (Å²) in [6.45, 7) is 0. The van der Waals surface area contributed by atoms with Crippen LogP contribution in [0.25, 0.3) is 33.4 Å². The van der Waals surface area contributed by atoms with Gasteiger partial charge >= 0.3 is 0 Å². The number of pyridine rings is 1. The first-order chi connectivity index (χ1) is 17.2. The van der Waals surface area contributed by atoms with Gasteiger partial charge in [0.05, 0.1) is 10.6 Å². The second kappa shape index (κ2) is 10.2. The normalized spacial score (nSPS) is 10.6. The average molecular weight is 476 g/mol. The Labute approximate surface area is 207 Å². The first kappa shape index (κ1) is 22.4. The van der Waals surface area contributed by atoms with Crippen LogP contribution in [-0.4, -0.2) is 9.91 Å². The van der Waals surface area contributed by atoms with Crippen molar-refractivity contribution in [1.29, 1.82) is 0 Å². The zero-order valence-electron chi connectivity index (χ0n) is 18.7. The van der Waals surface area contributed by atoms with Gasteiger partial charge in [0.15, 0.2) is 0 Å². The lowest BCUT2D eigenvalue weighted by molar-refractivity contribution is -0.384. The summed E-state index contributed by atoms with van der Waals surface area (Å²) in [4.78, 5) is 15.8. The maximum absolute atomic E-state index is 11.0. The van der Waals surface area contributed by atoms with Gasteiger partial charge in [0, 0.05) is 46.1 Å². The molecule has 0 fully saturated rings. The number of anilines is 1. The van der Waals surface area contributed by atoms with Gasteiger partial charge in [0.2, 0.25) is 0 Å². The van der Waals surface area contributed by atoms with Gasteiger partial charge in [-0.25, -0.2) is 0 Å². The number of aromatic nitrogens is 1. The zero-order valence-corrected chi connectivity index (χ0v) is 19.5. The van der Waals surface area contributed by atoms with Crippen LogP contribution in [0.3, 0.4) is 0 Å². The topological polar surface area (TPSA) is 68.1 Å². The number of hydrogen-bond donors (Lipinski definition) is 1. The molecule has 0 radical (unpaired) electrons. The average Bonchev–Trinajstić information content (AvgIpc) is 2.93. The third-order valence-corrected chi connectivity index (χ3v) is 6.44. The second-order valence-corrected chi connectivity index (χ2v) is 8.75. The molecular formula is C29H21N3O2S. The maximum atomic E-state index is 11.0. The highest BCUT2D eigenvalue weighted by Crippen LogP contribution is 2.42. The van der Waals surface area contributed by atoms with Crippen molar-refractivity contribution in [3.05, 3.63) is 132 Å². The van der Waals surface area contributed by atoms with E-state index in [-0.39, 0.29) is 10.6 Å². The van der Waals surface area contributed by atoms with Crippen molar-refractivity contribution in [3.8, 4) is 33.4 Å². The first-order valence-electron chi connectivity index (χ1n) is 11.1. The third-order valence-electron chi connectivity index (χ3n) is 5.62. The smallest absolute Gasteiger partial charge is 0.269 e. The molecule has 0 amide bonds. The van der Waals surface area contributed by atoms with Crippen molar-refractivity contribution in [3.63, 3.8) is 0 Å². The Morgan fingerprint density at radius 1 is 0.686 bits per heavy atom. The largest absolute Gasteiger partial charge is 0.325 e. The molecule has 35 heavy (non-hydrogen) atoms. The van der Waals surface area contributed by atoms with Gasteiger partial charge in [-0.2, -0.15) is 0 Å². The van der Waals surface area contributed by atoms with Crippen LogP contribution >= 0.6 is 11.9 Å². The van der Waals surface area contributed by atoms with E-state index >= 15 is 0 Å². The molecule has 1 heterocycles. The summed E-state index contributed by atoms with van der Waals surface area (Å²) >= 11 is 1.43. The van der Waals surface area contributed by atoms with E-state index in [2.05, 4.69) is 52.2 Å². The lowest BCUT2D eigenvalue weighted by atomic mass is 9.92. The third kappa shape index (κ3) is 5.08. The standard InChI is InChI=1S/C29H21N3O2S/c33-32(34)25-13-15-26(16-14-25)35-31-29-27(21-8-3-1-4-9-21)18-24(23-12-7-17-30-20-23)19-28(29)22-10-5-2-6-11-22/h1-20,31H. The zero-order chi connectivity index (χ0) is 24.0. The van der Waals surface area contributed by atoms with Crippen molar-refractivity contribution < 1.29 is 4.92 Å². The van der Waals surface area contributed by atoms with Gasteiger partial charge in [-0.1, -0.05) is 66.7 Å². The van der Waals surface area contributed by atoms with E-state index in [1.165, 1.54) is 24.1 Å². The molecule has 1 aromatic heterocycles. The minimum Gasteiger partial charge on any atom is -0.325 e. The second-order valence-electron chi connectivity index (χ2n) is 7.88. The summed E-state index contributed by atoms with van der Waals surface area (Å²) in [6.07, 6.45) is 3.65. The van der Waals surface area contributed by atoms with Crippen molar-refractivity contribution in [2.24, 2.45) is 0 Å². The van der Waals surface area contributed by atoms with E-state index in [0.29, 0.717) is 0 Å². The van der Waals surface area contributed by atoms with Crippen LogP contribution in [0.5, 0.6) is 0 Å². The lowest BCUT2D eigenvalue weighted by Gasteiger charge is -2.19. The number of rotatable bonds is 7. The molecule has 0 spiro atoms. The number of benzene rings is 4. The minimum absolute atomic E-state index is 0.0742. The Bertz CT molecular complexity index is 1380. The SMILES string of the molecule is O=[N+]([O-])c1ccc(SNc2c(-c3ccccc3)cc(-c3cccnc3)cc2-c2ccccc2)cc1. The van der Waals surface area contributed by atoms with Gasteiger partial charge in [-0.05, 0) is 59.0 Å². The Balaban J connectivity index is 1.65. The van der Waals surface area contributed by atoms with Gasteiger partial charge in [-0.3, -0.25) is 15.1 Å². The molecule has 5 nitrogen and oxygen atoms in total. The minimum atomic E-state index is -0.389. The van der Waals surface area contributed by atoms with E-state index in [1.807, 2.05) is 48.7 Å². The lowest BCUT2D eigenvalue weighted by Crippen LogP contribution is -1.97. The van der Waals surface area contributed by atoms with Crippen LogP contribution in [0.2, 0.25) is 0 Å². The van der Waals surface area contributed by atoms with Crippen LogP contribution < -0.4 is 4.72 Å². The molecular weight excluding hydrogens is 454 g/mol. The van der Waals surface area contributed by atoms with Gasteiger partial charge in [0.1, 0.15) is 0 Å². The van der Waals surface area contributed by atoms with Crippen LogP contribution in [-0.2, 0) is 0 Å². The van der Waals surface area contributed by atoms with Crippen LogP contribution in [0, 0.1) is 10.1 Å². The van der Waals surface area contributed by atoms with Crippen molar-refractivity contribution in [2.45, 2.75) is 4.90 Å². The van der Waals surface area contributed by atoms with E-state index in [4.69, 9.17) is 0 Å². The fourth-order valence-corrected chi connectivity index (χ4v) is 4.60. The number of nitrogens with one attached hydrogen (secondary N) is 1. The van der Waals surface area contributed by atoms with Crippen LogP contribution in [0.4, 0.5) is 11.4 Å². The highest BCUT2D eigenvalue weighted by Gasteiger charge is 2.16. The van der Waals surface area contributed by atoms with E-state index < -0.39 is 0 Å². The molecule has 0 aliphatic rings. The number of nitro groups is 1. The molecule has 0 saturated carbocycles. The number of nitrogens with zero attached hydrogens (tertiary/aromatic N) is 2. The number of nitro benzene ring substituents is 1. The molecule has 0 aliphatic heterocycles. The number of non-ortho nitro benzene ring substituents is 1. The van der Waals surface area contributed by atoms with E-state index in [1.54, 1.807) is 18.3 Å². The fraction of sp³-hybridized carbons (Fsp3) is 0. The van der Waals surface area contributed by atoms with E-state index in [0.717, 1.165) is 44.0 Å². The summed E-state index contributed by atoms with van der Waals surface area (Å²) in [7, 11) is 0. The number of hydrogen-bond acceptors (Lipinski definition) is 5. The monoisotopic (exact) mass is 475 g/mol. The summed E-state index contributed by atoms with van der Waals surface area (Å²) in [5.74, 6) is 0. The molecule has 0 aliphatic carbocycles. The van der Waals surface area contributed by atoms with Gasteiger partial charge in [0.25, 0.3) is 5.69 Å². The maximum Gasteiger partial charge on any atom is 0.269 e. The van der Waals surface area contributed by atoms with E-state index in [9.17, 15) is 10.1 Å². The fourth-order valence-electron chi connectivity index (χ4n) is 3.89. The molecule has 0 saturated heterocycles. The summed E-state index contributed by atoms with van der Waals surface area (Å²) in [5, 5.41) is 11.0. The molecule has 170 valence electrons. The molecule has 0 bridgehead atoms. The Morgan fingerprint density at radius 2 is 1.26 bits per heavy atom. The molecule has 4 aromatic carbocycles. The van der Waals surface area contributed by atoms with Gasteiger partial charge in [-0.15, -0.1) is 0 Å². The molecule has 1 N–H and O–H groups in total. The predicted molar refractivity (Wildman–Crippen MR) is 143 cm³/mol. The highest BCUT2D eigenvalue weighted by atomic mass is 32.2. The van der Waals surface area contributed by atoms with Crippen molar-refractivity contribution in [2.75, 3.05) is 4.72 Å². The molecule has 5 rings (SSSR count). The molecule has 5 aromatic rings. The Hall–Kier alpha value is -4.42.